The maximum Gasteiger partial charge on any atom is 0.345 e. The van der Waals surface area contributed by atoms with Crippen molar-refractivity contribution in [3.05, 3.63) is 57.1 Å². The lowest BCUT2D eigenvalue weighted by Crippen LogP contribution is -2.23. The third-order valence-corrected chi connectivity index (χ3v) is 4.89. The molecule has 0 aliphatic rings. The fourth-order valence-corrected chi connectivity index (χ4v) is 3.26. The Morgan fingerprint density at radius 3 is 2.00 bits per heavy atom. The Balaban J connectivity index is 2.23. The van der Waals surface area contributed by atoms with Gasteiger partial charge in [0, 0.05) is 11.8 Å². The second-order valence-corrected chi connectivity index (χ2v) is 7.73. The molecule has 2 rings (SSSR count). The number of amides is 1. The molecule has 0 saturated heterocycles. The van der Waals surface area contributed by atoms with Crippen LogP contribution in [0.4, 0.5) is 11.4 Å². The first-order valence-electron chi connectivity index (χ1n) is 10.1. The van der Waals surface area contributed by atoms with E-state index >= 15 is 0 Å². The summed E-state index contributed by atoms with van der Waals surface area (Å²) in [6, 6.07) is 8.04. The topological polar surface area (TPSA) is 117 Å². The van der Waals surface area contributed by atoms with E-state index in [4.69, 9.17) is 14.2 Å². The Kier molecular flexibility index (Phi) is 8.17. The van der Waals surface area contributed by atoms with Crippen molar-refractivity contribution in [2.75, 3.05) is 26.1 Å². The number of carbonyl (C=O) groups excluding carboxylic acids is 2. The average molecular weight is 444 g/mol. The van der Waals surface area contributed by atoms with Gasteiger partial charge in [-0.3, -0.25) is 14.9 Å². The first-order chi connectivity index (χ1) is 15.1. The summed E-state index contributed by atoms with van der Waals surface area (Å²) < 4.78 is 15.2. The van der Waals surface area contributed by atoms with Crippen molar-refractivity contribution < 1.29 is 28.7 Å². The number of carbonyl (C=O) groups is 2. The average Bonchev–Trinajstić information content (AvgIpc) is 2.75. The quantitative estimate of drug-likeness (QED) is 0.340. The van der Waals surface area contributed by atoms with Crippen molar-refractivity contribution in [2.24, 2.45) is 0 Å². The highest BCUT2D eigenvalue weighted by Gasteiger charge is 2.26. The molecule has 0 radical (unpaired) electrons. The van der Waals surface area contributed by atoms with Crippen LogP contribution in [0.5, 0.6) is 11.5 Å². The van der Waals surface area contributed by atoms with E-state index in [0.29, 0.717) is 5.69 Å². The highest BCUT2D eigenvalue weighted by atomic mass is 16.6. The number of para-hydroxylation sites is 1. The zero-order chi connectivity index (χ0) is 24.0. The van der Waals surface area contributed by atoms with Gasteiger partial charge in [-0.2, -0.15) is 0 Å². The van der Waals surface area contributed by atoms with E-state index in [-0.39, 0.29) is 28.9 Å². The number of methoxy groups -OCH3 is 2. The first kappa shape index (κ1) is 24.6. The van der Waals surface area contributed by atoms with Crippen LogP contribution in [0.1, 0.15) is 61.0 Å². The summed E-state index contributed by atoms with van der Waals surface area (Å²) in [5.41, 5.74) is 1.76. The summed E-state index contributed by atoms with van der Waals surface area (Å²) in [5.74, 6) is -1.01. The third-order valence-electron chi connectivity index (χ3n) is 4.89. The van der Waals surface area contributed by atoms with Gasteiger partial charge in [0.1, 0.15) is 5.56 Å². The van der Waals surface area contributed by atoms with E-state index in [1.807, 2.05) is 45.9 Å². The van der Waals surface area contributed by atoms with Crippen LogP contribution in [0.2, 0.25) is 0 Å². The lowest BCUT2D eigenvalue weighted by atomic mass is 9.92. The summed E-state index contributed by atoms with van der Waals surface area (Å²) >= 11 is 0. The zero-order valence-corrected chi connectivity index (χ0v) is 19.1. The minimum Gasteiger partial charge on any atom is -0.493 e. The van der Waals surface area contributed by atoms with Gasteiger partial charge in [-0.25, -0.2) is 4.79 Å². The van der Waals surface area contributed by atoms with Crippen molar-refractivity contribution in [2.45, 2.75) is 39.5 Å². The molecule has 2 aromatic carbocycles. The van der Waals surface area contributed by atoms with Crippen LogP contribution in [0, 0.1) is 10.1 Å². The predicted octanol–water partition coefficient (Wildman–Crippen LogP) is 4.65. The molecule has 172 valence electrons. The molecule has 1 N–H and O–H groups in total. The number of hydrogen-bond acceptors (Lipinski definition) is 7. The zero-order valence-electron chi connectivity index (χ0n) is 19.1. The van der Waals surface area contributed by atoms with Crippen molar-refractivity contribution >= 4 is 23.3 Å². The van der Waals surface area contributed by atoms with Crippen molar-refractivity contribution in [3.63, 3.8) is 0 Å². The van der Waals surface area contributed by atoms with Crippen LogP contribution in [-0.4, -0.2) is 37.6 Å². The second-order valence-electron chi connectivity index (χ2n) is 7.73. The van der Waals surface area contributed by atoms with E-state index in [9.17, 15) is 19.7 Å². The summed E-state index contributed by atoms with van der Waals surface area (Å²) in [4.78, 5) is 35.8. The van der Waals surface area contributed by atoms with Gasteiger partial charge in [0.2, 0.25) is 0 Å². The van der Waals surface area contributed by atoms with Gasteiger partial charge in [-0.15, -0.1) is 0 Å². The highest BCUT2D eigenvalue weighted by molar-refractivity contribution is 5.98. The minimum atomic E-state index is -1.02. The van der Waals surface area contributed by atoms with Gasteiger partial charge in [-0.05, 0) is 23.0 Å². The SMILES string of the molecule is COc1cc(C(=O)OCC(=O)Nc2c(C(C)C)cccc2C(C)C)c([N+](=O)[O-])cc1OC. The number of nitrogens with one attached hydrogen (secondary N) is 1. The van der Waals surface area contributed by atoms with Crippen LogP contribution in [0.3, 0.4) is 0 Å². The van der Waals surface area contributed by atoms with Gasteiger partial charge in [0.05, 0.1) is 25.2 Å². The molecule has 0 heterocycles. The molecule has 32 heavy (non-hydrogen) atoms. The van der Waals surface area contributed by atoms with Crippen LogP contribution in [0.25, 0.3) is 0 Å². The van der Waals surface area contributed by atoms with E-state index in [1.54, 1.807) is 0 Å². The standard InChI is InChI=1S/C23H28N2O7/c1-13(2)15-8-7-9-16(14(3)4)22(15)24-21(26)12-32-23(27)17-10-19(30-5)20(31-6)11-18(17)25(28)29/h7-11,13-14H,12H2,1-6H3,(H,24,26). The van der Waals surface area contributed by atoms with Crippen molar-refractivity contribution in [3.8, 4) is 11.5 Å². The fourth-order valence-electron chi connectivity index (χ4n) is 3.26. The molecule has 0 fully saturated rings. The van der Waals surface area contributed by atoms with Gasteiger partial charge in [0.15, 0.2) is 18.1 Å². The number of hydrogen-bond donors (Lipinski definition) is 1. The molecule has 0 aromatic heterocycles. The number of nitro groups is 1. The maximum absolute atomic E-state index is 12.6. The molecule has 0 aliphatic carbocycles. The van der Waals surface area contributed by atoms with Crippen molar-refractivity contribution in [1.82, 2.24) is 0 Å². The molecule has 0 saturated carbocycles. The van der Waals surface area contributed by atoms with E-state index < -0.39 is 29.1 Å². The molecule has 1 amide bonds. The molecule has 9 nitrogen and oxygen atoms in total. The van der Waals surface area contributed by atoms with E-state index in [1.165, 1.54) is 14.2 Å². The fraction of sp³-hybridized carbons (Fsp3) is 0.391. The number of anilines is 1. The van der Waals surface area contributed by atoms with Crippen LogP contribution >= 0.6 is 0 Å². The number of benzene rings is 2. The molecule has 0 atom stereocenters. The molecular weight excluding hydrogens is 416 g/mol. The third kappa shape index (κ3) is 5.54. The molecule has 0 unspecified atom stereocenters. The van der Waals surface area contributed by atoms with Crippen molar-refractivity contribution in [1.29, 1.82) is 0 Å². The van der Waals surface area contributed by atoms with Gasteiger partial charge < -0.3 is 19.5 Å². The lowest BCUT2D eigenvalue weighted by molar-refractivity contribution is -0.385. The Morgan fingerprint density at radius 2 is 1.53 bits per heavy atom. The maximum atomic E-state index is 12.6. The number of ether oxygens (including phenoxy) is 3. The molecule has 2 aromatic rings. The number of nitro benzene ring substituents is 1. The van der Waals surface area contributed by atoms with Crippen LogP contribution in [-0.2, 0) is 9.53 Å². The van der Waals surface area contributed by atoms with Gasteiger partial charge in [0.25, 0.3) is 11.6 Å². The Morgan fingerprint density at radius 1 is 1.00 bits per heavy atom. The molecule has 0 aliphatic heterocycles. The lowest BCUT2D eigenvalue weighted by Gasteiger charge is -2.20. The summed E-state index contributed by atoms with van der Waals surface area (Å²) in [7, 11) is 2.66. The molecule has 9 heteroatoms. The van der Waals surface area contributed by atoms with Crippen LogP contribution in [0.15, 0.2) is 30.3 Å². The highest BCUT2D eigenvalue weighted by Crippen LogP contribution is 2.35. The largest absolute Gasteiger partial charge is 0.493 e. The summed E-state index contributed by atoms with van der Waals surface area (Å²) in [6.07, 6.45) is 0. The summed E-state index contributed by atoms with van der Waals surface area (Å²) in [6.45, 7) is 7.47. The Labute approximate surface area is 186 Å². The van der Waals surface area contributed by atoms with Crippen LogP contribution < -0.4 is 14.8 Å². The Hall–Kier alpha value is -3.62. The first-order valence-corrected chi connectivity index (χ1v) is 10.1. The predicted molar refractivity (Wildman–Crippen MR) is 120 cm³/mol. The Bertz CT molecular complexity index is 989. The minimum absolute atomic E-state index is 0.0972. The number of rotatable bonds is 9. The van der Waals surface area contributed by atoms with Gasteiger partial charge in [-0.1, -0.05) is 45.9 Å². The monoisotopic (exact) mass is 444 g/mol. The second kappa shape index (κ2) is 10.6. The number of nitrogens with zero attached hydrogens (tertiary/aromatic N) is 1. The smallest absolute Gasteiger partial charge is 0.345 e. The number of esters is 1. The normalized spacial score (nSPS) is 10.8. The summed E-state index contributed by atoms with van der Waals surface area (Å²) in [5, 5.41) is 14.2. The van der Waals surface area contributed by atoms with Gasteiger partial charge >= 0.3 is 5.97 Å². The van der Waals surface area contributed by atoms with E-state index in [0.717, 1.165) is 23.3 Å². The van der Waals surface area contributed by atoms with E-state index in [2.05, 4.69) is 5.32 Å². The molecule has 0 bridgehead atoms. The molecule has 0 spiro atoms. The molecular formula is C23H28N2O7.